The average molecular weight is 244 g/mol. The Hall–Kier alpha value is -1.61. The maximum atomic E-state index is 12.3. The molecule has 2 nitrogen and oxygen atoms in total. The van der Waals surface area contributed by atoms with Crippen molar-refractivity contribution >= 4 is 17.1 Å². The Morgan fingerprint density at radius 1 is 1.35 bits per heavy atom. The van der Waals surface area contributed by atoms with Gasteiger partial charge in [-0.1, -0.05) is 0 Å². The van der Waals surface area contributed by atoms with Crippen LogP contribution in [-0.4, -0.2) is 12.4 Å². The van der Waals surface area contributed by atoms with Crippen LogP contribution >= 0.6 is 11.3 Å². The topological polar surface area (TPSA) is 26.3 Å². The third-order valence-electron chi connectivity index (χ3n) is 3.02. The van der Waals surface area contributed by atoms with Crippen molar-refractivity contribution in [1.29, 1.82) is 0 Å². The van der Waals surface area contributed by atoms with E-state index in [-0.39, 0.29) is 5.78 Å². The highest BCUT2D eigenvalue weighted by Gasteiger charge is 2.17. The van der Waals surface area contributed by atoms with Gasteiger partial charge in [-0.15, -0.1) is 11.3 Å². The lowest BCUT2D eigenvalue weighted by Crippen LogP contribution is -2.00. The van der Waals surface area contributed by atoms with E-state index in [0.717, 1.165) is 40.3 Å². The van der Waals surface area contributed by atoms with Gasteiger partial charge in [-0.3, -0.25) is 4.79 Å². The van der Waals surface area contributed by atoms with Gasteiger partial charge in [0, 0.05) is 12.0 Å². The van der Waals surface area contributed by atoms with Crippen LogP contribution in [0.5, 0.6) is 5.75 Å². The number of hydrogen-bond donors (Lipinski definition) is 0. The van der Waals surface area contributed by atoms with E-state index >= 15 is 0 Å². The highest BCUT2D eigenvalue weighted by Crippen LogP contribution is 2.28. The van der Waals surface area contributed by atoms with Crippen molar-refractivity contribution in [3.05, 3.63) is 51.2 Å². The second-order valence-corrected chi connectivity index (χ2v) is 5.10. The molecule has 0 radical (unpaired) electrons. The lowest BCUT2D eigenvalue weighted by Gasteiger charge is -2.03. The van der Waals surface area contributed by atoms with Gasteiger partial charge in [-0.2, -0.15) is 0 Å². The van der Waals surface area contributed by atoms with E-state index in [1.165, 1.54) is 11.3 Å². The Balaban J connectivity index is 2.00. The minimum absolute atomic E-state index is 0.118. The van der Waals surface area contributed by atoms with Gasteiger partial charge < -0.3 is 4.74 Å². The van der Waals surface area contributed by atoms with E-state index in [0.29, 0.717) is 0 Å². The van der Waals surface area contributed by atoms with Crippen LogP contribution in [0.3, 0.4) is 0 Å². The third-order valence-corrected chi connectivity index (χ3v) is 4.04. The fraction of sp³-hybridized carbons (Fsp3) is 0.214. The van der Waals surface area contributed by atoms with Crippen molar-refractivity contribution in [1.82, 2.24) is 0 Å². The Bertz CT molecular complexity index is 584. The summed E-state index contributed by atoms with van der Waals surface area (Å²) in [6.07, 6.45) is 0.903. The number of benzene rings is 1. The Labute approximate surface area is 104 Å². The molecule has 86 valence electrons. The summed E-state index contributed by atoms with van der Waals surface area (Å²) >= 11 is 1.50. The largest absolute Gasteiger partial charge is 0.493 e. The zero-order chi connectivity index (χ0) is 11.8. The van der Waals surface area contributed by atoms with Gasteiger partial charge in [0.05, 0.1) is 11.5 Å². The zero-order valence-corrected chi connectivity index (χ0v) is 10.3. The standard InChI is InChI=1S/C14H12O2S/c1-9-5-7-17-14(9)13(15)11-2-3-12-10(8-11)4-6-16-12/h2-3,5,7-8H,4,6H2,1H3. The van der Waals surface area contributed by atoms with Crippen molar-refractivity contribution in [3.63, 3.8) is 0 Å². The summed E-state index contributed by atoms with van der Waals surface area (Å²) in [6.45, 7) is 2.70. The lowest BCUT2D eigenvalue weighted by molar-refractivity contribution is 0.104. The second-order valence-electron chi connectivity index (χ2n) is 4.18. The average Bonchev–Trinajstić information content (AvgIpc) is 2.95. The molecule has 0 aliphatic carbocycles. The molecule has 1 aromatic carbocycles. The summed E-state index contributed by atoms with van der Waals surface area (Å²) in [5.41, 5.74) is 2.96. The molecule has 0 bridgehead atoms. The maximum absolute atomic E-state index is 12.3. The van der Waals surface area contributed by atoms with E-state index in [1.54, 1.807) is 0 Å². The predicted octanol–water partition coefficient (Wildman–Crippen LogP) is 3.22. The molecule has 3 heteroatoms. The van der Waals surface area contributed by atoms with Crippen LogP contribution in [-0.2, 0) is 6.42 Å². The molecule has 1 aromatic heterocycles. The predicted molar refractivity (Wildman–Crippen MR) is 68.1 cm³/mol. The molecule has 0 atom stereocenters. The molecule has 2 aromatic rings. The maximum Gasteiger partial charge on any atom is 0.203 e. The van der Waals surface area contributed by atoms with Gasteiger partial charge in [-0.25, -0.2) is 0 Å². The third kappa shape index (κ3) is 1.76. The molecule has 0 N–H and O–H groups in total. The van der Waals surface area contributed by atoms with Crippen molar-refractivity contribution < 1.29 is 9.53 Å². The minimum atomic E-state index is 0.118. The molecular formula is C14H12O2S. The van der Waals surface area contributed by atoms with Crippen LogP contribution < -0.4 is 4.74 Å². The molecule has 0 spiro atoms. The smallest absolute Gasteiger partial charge is 0.203 e. The van der Waals surface area contributed by atoms with Crippen molar-refractivity contribution in [2.75, 3.05) is 6.61 Å². The molecule has 0 saturated carbocycles. The number of ether oxygens (including phenoxy) is 1. The summed E-state index contributed by atoms with van der Waals surface area (Å²) in [6, 6.07) is 7.70. The second kappa shape index (κ2) is 4.00. The van der Waals surface area contributed by atoms with Crippen LogP contribution in [0.1, 0.15) is 26.4 Å². The lowest BCUT2D eigenvalue weighted by atomic mass is 10.0. The van der Waals surface area contributed by atoms with Gasteiger partial charge in [-0.05, 0) is 47.7 Å². The Morgan fingerprint density at radius 2 is 2.24 bits per heavy atom. The molecule has 0 saturated heterocycles. The molecule has 0 amide bonds. The molecule has 1 aliphatic rings. The first-order chi connectivity index (χ1) is 8.25. The fourth-order valence-corrected chi connectivity index (χ4v) is 2.95. The summed E-state index contributed by atoms with van der Waals surface area (Å²) < 4.78 is 5.44. The SMILES string of the molecule is Cc1ccsc1C(=O)c1ccc2c(c1)CCO2. The first-order valence-corrected chi connectivity index (χ1v) is 6.48. The summed E-state index contributed by atoms with van der Waals surface area (Å²) in [4.78, 5) is 13.1. The summed E-state index contributed by atoms with van der Waals surface area (Å²) in [5, 5.41) is 1.96. The fourth-order valence-electron chi connectivity index (χ4n) is 2.06. The van der Waals surface area contributed by atoms with E-state index in [9.17, 15) is 4.79 Å². The normalized spacial score (nSPS) is 13.2. The number of carbonyl (C=O) groups excluding carboxylic acids is 1. The van der Waals surface area contributed by atoms with Gasteiger partial charge in [0.1, 0.15) is 5.75 Å². The highest BCUT2D eigenvalue weighted by molar-refractivity contribution is 7.12. The first kappa shape index (κ1) is 10.5. The summed E-state index contributed by atoms with van der Waals surface area (Å²) in [7, 11) is 0. The van der Waals surface area contributed by atoms with E-state index in [4.69, 9.17) is 4.74 Å². The van der Waals surface area contributed by atoms with Gasteiger partial charge in [0.15, 0.2) is 0 Å². The first-order valence-electron chi connectivity index (χ1n) is 5.60. The number of aryl methyl sites for hydroxylation is 1. The van der Waals surface area contributed by atoms with E-state index in [2.05, 4.69) is 0 Å². The molecule has 1 aliphatic heterocycles. The number of hydrogen-bond acceptors (Lipinski definition) is 3. The zero-order valence-electron chi connectivity index (χ0n) is 9.53. The van der Waals surface area contributed by atoms with Gasteiger partial charge in [0.2, 0.25) is 5.78 Å². The number of rotatable bonds is 2. The van der Waals surface area contributed by atoms with Crippen LogP contribution in [0.15, 0.2) is 29.6 Å². The van der Waals surface area contributed by atoms with Crippen molar-refractivity contribution in [2.24, 2.45) is 0 Å². The van der Waals surface area contributed by atoms with Crippen molar-refractivity contribution in [3.8, 4) is 5.75 Å². The number of carbonyl (C=O) groups is 1. The summed E-state index contributed by atoms with van der Waals surface area (Å²) in [5.74, 6) is 1.04. The van der Waals surface area contributed by atoms with E-state index < -0.39 is 0 Å². The Kier molecular flexibility index (Phi) is 2.48. The molecular weight excluding hydrogens is 232 g/mol. The van der Waals surface area contributed by atoms with E-state index in [1.807, 2.05) is 36.6 Å². The quantitative estimate of drug-likeness (QED) is 0.758. The number of ketones is 1. The van der Waals surface area contributed by atoms with Crippen LogP contribution in [0.4, 0.5) is 0 Å². The van der Waals surface area contributed by atoms with Crippen LogP contribution in [0, 0.1) is 6.92 Å². The molecule has 3 rings (SSSR count). The Morgan fingerprint density at radius 3 is 3.00 bits per heavy atom. The number of fused-ring (bicyclic) bond motifs is 1. The molecule has 2 heterocycles. The van der Waals surface area contributed by atoms with Crippen LogP contribution in [0.25, 0.3) is 0 Å². The molecule has 17 heavy (non-hydrogen) atoms. The molecule has 0 fully saturated rings. The monoisotopic (exact) mass is 244 g/mol. The van der Waals surface area contributed by atoms with Gasteiger partial charge in [0.25, 0.3) is 0 Å². The minimum Gasteiger partial charge on any atom is -0.493 e. The van der Waals surface area contributed by atoms with Gasteiger partial charge >= 0.3 is 0 Å². The van der Waals surface area contributed by atoms with Crippen LogP contribution in [0.2, 0.25) is 0 Å². The number of thiophene rings is 1. The highest BCUT2D eigenvalue weighted by atomic mass is 32.1. The molecule has 0 unspecified atom stereocenters. The van der Waals surface area contributed by atoms with Crippen molar-refractivity contribution in [2.45, 2.75) is 13.3 Å².